The number of carbonyl (C=O) groups is 3. The number of aliphatic carboxylic acids is 2. The molecule has 0 aliphatic carbocycles. The number of rotatable bonds is 5. The lowest BCUT2D eigenvalue weighted by atomic mass is 9.94. The van der Waals surface area contributed by atoms with E-state index in [9.17, 15) is 34.7 Å². The first-order valence-corrected chi connectivity index (χ1v) is 4.69. The number of benzene rings is 1. The SMILES string of the molecule is O=C(O)c1cc([N+](=O)[O-])ccc1C(C(=O)[O-])C(=O)[O-]. The van der Waals surface area contributed by atoms with E-state index in [1.807, 2.05) is 0 Å². The van der Waals surface area contributed by atoms with Crippen LogP contribution in [-0.2, 0) is 9.59 Å². The molecule has 0 bridgehead atoms. The number of carboxylic acids is 3. The number of carboxylic acid groups (broad SMARTS) is 3. The Bertz CT molecular complexity index is 565. The molecule has 0 aliphatic heterocycles. The second kappa shape index (κ2) is 5.12. The third kappa shape index (κ3) is 2.83. The van der Waals surface area contributed by atoms with Gasteiger partial charge in [-0.25, -0.2) is 4.79 Å². The third-order valence-corrected chi connectivity index (χ3v) is 2.26. The van der Waals surface area contributed by atoms with Gasteiger partial charge >= 0.3 is 5.97 Å². The highest BCUT2D eigenvalue weighted by atomic mass is 16.6. The van der Waals surface area contributed by atoms with Crippen LogP contribution in [-0.4, -0.2) is 27.9 Å². The van der Waals surface area contributed by atoms with E-state index < -0.39 is 45.6 Å². The van der Waals surface area contributed by atoms with E-state index in [1.165, 1.54) is 0 Å². The second-order valence-electron chi connectivity index (χ2n) is 3.40. The Morgan fingerprint density at radius 3 is 2.05 bits per heavy atom. The number of nitrogens with zero attached hydrogens (tertiary/aromatic N) is 1. The maximum Gasteiger partial charge on any atom is 0.336 e. The Kier molecular flexibility index (Phi) is 3.80. The van der Waals surface area contributed by atoms with Crippen LogP contribution in [0.5, 0.6) is 0 Å². The van der Waals surface area contributed by atoms with E-state index in [4.69, 9.17) is 5.11 Å². The summed E-state index contributed by atoms with van der Waals surface area (Å²) in [6.45, 7) is 0. The van der Waals surface area contributed by atoms with Crippen molar-refractivity contribution in [3.63, 3.8) is 0 Å². The summed E-state index contributed by atoms with van der Waals surface area (Å²) >= 11 is 0. The van der Waals surface area contributed by atoms with Crippen molar-refractivity contribution in [3.05, 3.63) is 39.4 Å². The highest BCUT2D eigenvalue weighted by Gasteiger charge is 2.23. The van der Waals surface area contributed by atoms with Crippen molar-refractivity contribution < 1.29 is 34.6 Å². The van der Waals surface area contributed by atoms with Crippen LogP contribution in [0, 0.1) is 10.1 Å². The molecule has 0 radical (unpaired) electrons. The summed E-state index contributed by atoms with van der Waals surface area (Å²) in [7, 11) is 0. The minimum atomic E-state index is -2.33. The van der Waals surface area contributed by atoms with Crippen molar-refractivity contribution in [3.8, 4) is 0 Å². The number of nitro benzene ring substituents is 1. The van der Waals surface area contributed by atoms with E-state index in [0.29, 0.717) is 6.07 Å². The molecule has 0 heterocycles. The Morgan fingerprint density at radius 2 is 1.68 bits per heavy atom. The van der Waals surface area contributed by atoms with Crippen LogP contribution in [0.4, 0.5) is 5.69 Å². The predicted molar refractivity (Wildman–Crippen MR) is 52.8 cm³/mol. The fourth-order valence-corrected chi connectivity index (χ4v) is 1.44. The van der Waals surface area contributed by atoms with Gasteiger partial charge in [0, 0.05) is 12.1 Å². The van der Waals surface area contributed by atoms with Crippen LogP contribution < -0.4 is 10.2 Å². The van der Waals surface area contributed by atoms with Crippen LogP contribution in [0.15, 0.2) is 18.2 Å². The molecule has 0 spiro atoms. The van der Waals surface area contributed by atoms with Gasteiger partial charge in [0.2, 0.25) is 0 Å². The number of nitro groups is 1. The van der Waals surface area contributed by atoms with Crippen molar-refractivity contribution in [2.75, 3.05) is 0 Å². The summed E-state index contributed by atoms with van der Waals surface area (Å²) in [5, 5.41) is 40.7. The summed E-state index contributed by atoms with van der Waals surface area (Å²) in [6.07, 6.45) is 0. The summed E-state index contributed by atoms with van der Waals surface area (Å²) in [6, 6.07) is 2.09. The van der Waals surface area contributed by atoms with E-state index in [-0.39, 0.29) is 0 Å². The zero-order valence-corrected chi connectivity index (χ0v) is 9.06. The highest BCUT2D eigenvalue weighted by molar-refractivity contribution is 6.01. The molecule has 0 saturated heterocycles. The number of non-ortho nitro benzene ring substituents is 1. The topological polar surface area (TPSA) is 161 Å². The van der Waals surface area contributed by atoms with Gasteiger partial charge in [-0.05, 0) is 5.56 Å². The standard InChI is InChI=1S/C10H7NO8/c12-8(13)6-3-4(11(18)19)1-2-5(6)7(9(14)15)10(16)17/h1-3,7H,(H,12,13)(H,14,15)(H,16,17)/p-2. The van der Waals surface area contributed by atoms with Gasteiger partial charge in [-0.3, -0.25) is 10.1 Å². The lowest BCUT2D eigenvalue weighted by Gasteiger charge is -2.20. The van der Waals surface area contributed by atoms with Gasteiger partial charge in [-0.15, -0.1) is 0 Å². The number of hydrogen-bond acceptors (Lipinski definition) is 7. The molecule has 0 aliphatic rings. The molecular formula is C10H5NO8-2. The van der Waals surface area contributed by atoms with Crippen LogP contribution in [0.25, 0.3) is 0 Å². The normalized spacial score (nSPS) is 10.2. The smallest absolute Gasteiger partial charge is 0.336 e. The molecule has 9 nitrogen and oxygen atoms in total. The van der Waals surface area contributed by atoms with Crippen molar-refractivity contribution in [2.45, 2.75) is 5.92 Å². The molecule has 0 fully saturated rings. The molecule has 100 valence electrons. The molecule has 0 saturated carbocycles. The highest BCUT2D eigenvalue weighted by Crippen LogP contribution is 2.24. The average molecular weight is 267 g/mol. The van der Waals surface area contributed by atoms with Gasteiger partial charge in [0.05, 0.1) is 28.3 Å². The van der Waals surface area contributed by atoms with Crippen LogP contribution in [0.1, 0.15) is 21.8 Å². The second-order valence-corrected chi connectivity index (χ2v) is 3.40. The molecule has 1 N–H and O–H groups in total. The number of hydrogen-bond donors (Lipinski definition) is 1. The van der Waals surface area contributed by atoms with E-state index in [0.717, 1.165) is 12.1 Å². The van der Waals surface area contributed by atoms with Crippen molar-refractivity contribution in [1.29, 1.82) is 0 Å². The average Bonchev–Trinajstić information content (AvgIpc) is 2.27. The molecule has 0 unspecified atom stereocenters. The van der Waals surface area contributed by atoms with Crippen LogP contribution >= 0.6 is 0 Å². The monoisotopic (exact) mass is 267 g/mol. The lowest BCUT2D eigenvalue weighted by Crippen LogP contribution is -2.42. The maximum absolute atomic E-state index is 10.9. The first-order chi connectivity index (χ1) is 8.75. The van der Waals surface area contributed by atoms with Crippen LogP contribution in [0.2, 0.25) is 0 Å². The summed E-state index contributed by atoms with van der Waals surface area (Å²) < 4.78 is 0. The van der Waals surface area contributed by atoms with Crippen molar-refractivity contribution >= 4 is 23.6 Å². The minimum absolute atomic E-state index is 0.566. The fraction of sp³-hybridized carbons (Fsp3) is 0.100. The minimum Gasteiger partial charge on any atom is -0.549 e. The molecule has 1 rings (SSSR count). The Hall–Kier alpha value is -2.97. The molecule has 9 heteroatoms. The molecule has 0 atom stereocenters. The Labute approximate surface area is 104 Å². The zero-order chi connectivity index (χ0) is 14.7. The Morgan fingerprint density at radius 1 is 1.16 bits per heavy atom. The van der Waals surface area contributed by atoms with E-state index >= 15 is 0 Å². The van der Waals surface area contributed by atoms with Gasteiger partial charge in [0.25, 0.3) is 5.69 Å². The van der Waals surface area contributed by atoms with Gasteiger partial charge in [-0.2, -0.15) is 0 Å². The Balaban J connectivity index is 3.50. The van der Waals surface area contributed by atoms with Crippen LogP contribution in [0.3, 0.4) is 0 Å². The fourth-order valence-electron chi connectivity index (χ4n) is 1.44. The van der Waals surface area contributed by atoms with Crippen molar-refractivity contribution in [1.82, 2.24) is 0 Å². The first kappa shape index (κ1) is 14.1. The van der Waals surface area contributed by atoms with E-state index in [2.05, 4.69) is 0 Å². The van der Waals surface area contributed by atoms with Gasteiger partial charge in [-0.1, -0.05) is 6.07 Å². The molecular weight excluding hydrogens is 262 g/mol. The summed E-state index contributed by atoms with van der Waals surface area (Å²) in [5.74, 6) is -8.18. The quantitative estimate of drug-likeness (QED) is 0.359. The number of carbonyl (C=O) groups excluding carboxylic acids is 2. The third-order valence-electron chi connectivity index (χ3n) is 2.26. The van der Waals surface area contributed by atoms with E-state index in [1.54, 1.807) is 0 Å². The molecule has 1 aromatic rings. The largest absolute Gasteiger partial charge is 0.549 e. The molecule has 1 aromatic carbocycles. The summed E-state index contributed by atoms with van der Waals surface area (Å²) in [5.41, 5.74) is -2.08. The zero-order valence-electron chi connectivity index (χ0n) is 9.06. The first-order valence-electron chi connectivity index (χ1n) is 4.69. The van der Waals surface area contributed by atoms with Gasteiger partial charge < -0.3 is 24.9 Å². The summed E-state index contributed by atoms with van der Waals surface area (Å²) in [4.78, 5) is 41.8. The van der Waals surface area contributed by atoms with Gasteiger partial charge in [0.15, 0.2) is 0 Å². The predicted octanol–water partition coefficient (Wildman–Crippen LogP) is -2.12. The molecule has 0 amide bonds. The van der Waals surface area contributed by atoms with Crippen molar-refractivity contribution in [2.24, 2.45) is 0 Å². The molecule has 0 aromatic heterocycles. The number of aromatic carboxylic acids is 1. The van der Waals surface area contributed by atoms with Gasteiger partial charge in [0.1, 0.15) is 0 Å². The lowest BCUT2D eigenvalue weighted by molar-refractivity contribution is -0.384. The molecule has 19 heavy (non-hydrogen) atoms. The maximum atomic E-state index is 10.9.